The largest absolute Gasteiger partial charge is 0.314 e. The third kappa shape index (κ3) is 3.04. The summed E-state index contributed by atoms with van der Waals surface area (Å²) in [5.41, 5.74) is 2.07. The van der Waals surface area contributed by atoms with E-state index in [-0.39, 0.29) is 5.56 Å². The molecule has 0 bridgehead atoms. The van der Waals surface area contributed by atoms with Gasteiger partial charge in [-0.25, -0.2) is 4.98 Å². The van der Waals surface area contributed by atoms with Crippen molar-refractivity contribution in [3.8, 4) is 0 Å². The lowest BCUT2D eigenvalue weighted by Gasteiger charge is -2.26. The van der Waals surface area contributed by atoms with Gasteiger partial charge in [0.2, 0.25) is 0 Å². The number of aryl methyl sites for hydroxylation is 1. The lowest BCUT2D eigenvalue weighted by molar-refractivity contribution is 0.227. The highest BCUT2D eigenvalue weighted by molar-refractivity contribution is 5.19. The van der Waals surface area contributed by atoms with Crippen LogP contribution in [0.4, 0.5) is 0 Å². The average Bonchev–Trinajstić information content (AvgIpc) is 2.65. The first-order chi connectivity index (χ1) is 9.33. The summed E-state index contributed by atoms with van der Waals surface area (Å²) in [4.78, 5) is 22.2. The fourth-order valence-electron chi connectivity index (χ4n) is 2.99. The fourth-order valence-corrected chi connectivity index (χ4v) is 2.99. The Labute approximate surface area is 113 Å². The van der Waals surface area contributed by atoms with Crippen LogP contribution < -0.4 is 10.9 Å². The molecule has 5 nitrogen and oxygen atoms in total. The number of H-pyrrole nitrogens is 1. The van der Waals surface area contributed by atoms with Gasteiger partial charge in [-0.3, -0.25) is 9.69 Å². The van der Waals surface area contributed by atoms with Gasteiger partial charge >= 0.3 is 0 Å². The number of nitrogens with one attached hydrogen (secondary N) is 2. The maximum Gasteiger partial charge on any atom is 0.254 e. The predicted octanol–water partition coefficient (Wildman–Crippen LogP) is 0.444. The molecule has 1 aromatic heterocycles. The summed E-state index contributed by atoms with van der Waals surface area (Å²) in [5, 5.41) is 3.34. The van der Waals surface area contributed by atoms with E-state index in [2.05, 4.69) is 15.2 Å². The standard InChI is InChI=1S/C14H22N4O/c19-14-11-4-2-1-3-5-12(11)16-13(17-14)10-18-8-6-15-7-9-18/h15H,1-10H2,(H,16,17,19). The highest BCUT2D eigenvalue weighted by Gasteiger charge is 2.16. The van der Waals surface area contributed by atoms with Crippen molar-refractivity contribution in [2.45, 2.75) is 38.6 Å². The molecular weight excluding hydrogens is 240 g/mol. The molecule has 3 rings (SSSR count). The molecule has 1 aliphatic heterocycles. The number of aromatic nitrogens is 2. The van der Waals surface area contributed by atoms with Gasteiger partial charge in [-0.1, -0.05) is 6.42 Å². The molecule has 0 radical (unpaired) electrons. The Kier molecular flexibility index (Phi) is 3.94. The van der Waals surface area contributed by atoms with E-state index >= 15 is 0 Å². The summed E-state index contributed by atoms with van der Waals surface area (Å²) in [7, 11) is 0. The van der Waals surface area contributed by atoms with Crippen LogP contribution in [0.1, 0.15) is 36.3 Å². The molecule has 1 aliphatic carbocycles. The van der Waals surface area contributed by atoms with Crippen LogP contribution in [0.2, 0.25) is 0 Å². The monoisotopic (exact) mass is 262 g/mol. The van der Waals surface area contributed by atoms with Gasteiger partial charge in [-0.2, -0.15) is 0 Å². The van der Waals surface area contributed by atoms with Gasteiger partial charge in [-0.05, 0) is 25.7 Å². The zero-order valence-corrected chi connectivity index (χ0v) is 11.4. The maximum atomic E-state index is 12.2. The van der Waals surface area contributed by atoms with Crippen LogP contribution >= 0.6 is 0 Å². The summed E-state index contributed by atoms with van der Waals surface area (Å²) in [6, 6.07) is 0. The average molecular weight is 262 g/mol. The molecule has 0 aromatic carbocycles. The third-order valence-electron chi connectivity index (χ3n) is 4.07. The Bertz CT molecular complexity index is 491. The Morgan fingerprint density at radius 2 is 1.89 bits per heavy atom. The zero-order valence-electron chi connectivity index (χ0n) is 11.4. The minimum Gasteiger partial charge on any atom is -0.314 e. The minimum absolute atomic E-state index is 0.0945. The molecule has 0 saturated carbocycles. The lowest BCUT2D eigenvalue weighted by Crippen LogP contribution is -2.43. The summed E-state index contributed by atoms with van der Waals surface area (Å²) >= 11 is 0. The number of rotatable bonds is 2. The lowest BCUT2D eigenvalue weighted by atomic mass is 10.1. The van der Waals surface area contributed by atoms with E-state index in [9.17, 15) is 4.79 Å². The molecule has 1 fully saturated rings. The SMILES string of the molecule is O=c1[nH]c(CN2CCNCC2)nc2c1CCCCC2. The normalized spacial score (nSPS) is 20.8. The van der Waals surface area contributed by atoms with Gasteiger partial charge in [0.1, 0.15) is 5.82 Å². The molecule has 2 aliphatic rings. The number of fused-ring (bicyclic) bond motifs is 1. The zero-order chi connectivity index (χ0) is 13.1. The molecular formula is C14H22N4O. The summed E-state index contributed by atoms with van der Waals surface area (Å²) in [6.45, 7) is 4.87. The van der Waals surface area contributed by atoms with Crippen LogP contribution in [0.15, 0.2) is 4.79 Å². The van der Waals surface area contributed by atoms with Crippen molar-refractivity contribution in [2.75, 3.05) is 26.2 Å². The number of nitrogens with zero attached hydrogens (tertiary/aromatic N) is 2. The second kappa shape index (κ2) is 5.84. The van der Waals surface area contributed by atoms with E-state index in [0.29, 0.717) is 0 Å². The molecule has 5 heteroatoms. The van der Waals surface area contributed by atoms with Crippen molar-refractivity contribution >= 4 is 0 Å². The molecule has 1 saturated heterocycles. The summed E-state index contributed by atoms with van der Waals surface area (Å²) < 4.78 is 0. The van der Waals surface area contributed by atoms with Crippen LogP contribution in [0, 0.1) is 0 Å². The number of hydrogen-bond donors (Lipinski definition) is 2. The third-order valence-corrected chi connectivity index (χ3v) is 4.07. The van der Waals surface area contributed by atoms with Gasteiger partial charge in [0.25, 0.3) is 5.56 Å². The molecule has 2 N–H and O–H groups in total. The Balaban J connectivity index is 1.80. The number of piperazine rings is 1. The van der Waals surface area contributed by atoms with Gasteiger partial charge in [0, 0.05) is 31.7 Å². The number of aromatic amines is 1. The molecule has 1 aromatic rings. The van der Waals surface area contributed by atoms with E-state index in [1.165, 1.54) is 6.42 Å². The van der Waals surface area contributed by atoms with E-state index in [1.54, 1.807) is 0 Å². The quantitative estimate of drug-likeness (QED) is 0.760. The van der Waals surface area contributed by atoms with Crippen molar-refractivity contribution in [2.24, 2.45) is 0 Å². The topological polar surface area (TPSA) is 61.0 Å². The second-order valence-electron chi connectivity index (χ2n) is 5.52. The Hall–Kier alpha value is -1.20. The van der Waals surface area contributed by atoms with Crippen LogP contribution in [0.25, 0.3) is 0 Å². The first-order valence-electron chi connectivity index (χ1n) is 7.37. The second-order valence-corrected chi connectivity index (χ2v) is 5.52. The summed E-state index contributed by atoms with van der Waals surface area (Å²) in [6.07, 6.45) is 5.35. The van der Waals surface area contributed by atoms with Crippen molar-refractivity contribution < 1.29 is 0 Å². The molecule has 0 amide bonds. The van der Waals surface area contributed by atoms with Crippen molar-refractivity contribution in [3.05, 3.63) is 27.4 Å². The summed E-state index contributed by atoms with van der Waals surface area (Å²) in [5.74, 6) is 0.840. The first-order valence-corrected chi connectivity index (χ1v) is 7.37. The highest BCUT2D eigenvalue weighted by Crippen LogP contribution is 2.16. The Morgan fingerprint density at radius 3 is 2.74 bits per heavy atom. The molecule has 0 spiro atoms. The smallest absolute Gasteiger partial charge is 0.254 e. The molecule has 104 valence electrons. The van der Waals surface area contributed by atoms with Crippen molar-refractivity contribution in [1.29, 1.82) is 0 Å². The predicted molar refractivity (Wildman–Crippen MR) is 74.3 cm³/mol. The van der Waals surface area contributed by atoms with E-state index in [0.717, 1.165) is 75.5 Å². The number of hydrogen-bond acceptors (Lipinski definition) is 4. The van der Waals surface area contributed by atoms with Crippen LogP contribution in [-0.4, -0.2) is 41.0 Å². The Morgan fingerprint density at radius 1 is 1.11 bits per heavy atom. The van der Waals surface area contributed by atoms with Gasteiger partial charge in [0.05, 0.1) is 12.2 Å². The van der Waals surface area contributed by atoms with Crippen LogP contribution in [0.5, 0.6) is 0 Å². The van der Waals surface area contributed by atoms with Crippen LogP contribution in [0.3, 0.4) is 0 Å². The van der Waals surface area contributed by atoms with Gasteiger partial charge in [0.15, 0.2) is 0 Å². The maximum absolute atomic E-state index is 12.2. The first kappa shape index (κ1) is 12.8. The minimum atomic E-state index is 0.0945. The van der Waals surface area contributed by atoms with E-state index < -0.39 is 0 Å². The van der Waals surface area contributed by atoms with Crippen molar-refractivity contribution in [3.63, 3.8) is 0 Å². The molecule has 0 unspecified atom stereocenters. The van der Waals surface area contributed by atoms with Crippen molar-refractivity contribution in [1.82, 2.24) is 20.2 Å². The molecule has 2 heterocycles. The van der Waals surface area contributed by atoms with Gasteiger partial charge in [-0.15, -0.1) is 0 Å². The molecule has 0 atom stereocenters. The molecule has 19 heavy (non-hydrogen) atoms. The van der Waals surface area contributed by atoms with E-state index in [4.69, 9.17) is 4.98 Å². The van der Waals surface area contributed by atoms with E-state index in [1.807, 2.05) is 0 Å². The fraction of sp³-hybridized carbons (Fsp3) is 0.714. The van der Waals surface area contributed by atoms with Gasteiger partial charge < -0.3 is 10.3 Å². The van der Waals surface area contributed by atoms with Crippen LogP contribution in [-0.2, 0) is 19.4 Å². The highest BCUT2D eigenvalue weighted by atomic mass is 16.1.